The largest absolute Gasteiger partial charge is 0.444 e. The Balaban J connectivity index is 1.43. The standard InChI is InChI=1S/C24H31N3O5/c1-24(2,3)32-23(31)26-11-4-5-15(10-12-26)16-6-7-18-17(13-16)14-27(22(18)30)19-8-9-20(28)25-21(19)29/h6-7,13,15,19H,4-5,8-12,14H2,1-3H3,(H,25,28,29). The van der Waals surface area contributed by atoms with E-state index in [1.165, 1.54) is 0 Å². The van der Waals surface area contributed by atoms with Crippen molar-refractivity contribution in [3.05, 3.63) is 34.9 Å². The number of ether oxygens (including phenoxy) is 1. The molecule has 3 heterocycles. The van der Waals surface area contributed by atoms with Crippen LogP contribution in [0, 0.1) is 0 Å². The third kappa shape index (κ3) is 4.64. The normalized spacial score (nSPS) is 24.2. The molecule has 2 atom stereocenters. The molecule has 0 aliphatic carbocycles. The van der Waals surface area contributed by atoms with E-state index in [0.29, 0.717) is 37.5 Å². The molecule has 1 aromatic carbocycles. The number of rotatable bonds is 2. The summed E-state index contributed by atoms with van der Waals surface area (Å²) in [5.41, 5.74) is 2.20. The molecule has 0 spiro atoms. The highest BCUT2D eigenvalue weighted by Gasteiger charge is 2.39. The summed E-state index contributed by atoms with van der Waals surface area (Å²) >= 11 is 0. The third-order valence-electron chi connectivity index (χ3n) is 6.40. The molecule has 4 rings (SSSR count). The van der Waals surface area contributed by atoms with Crippen LogP contribution in [0.5, 0.6) is 0 Å². The van der Waals surface area contributed by atoms with Crippen molar-refractivity contribution in [3.8, 4) is 0 Å². The van der Waals surface area contributed by atoms with E-state index in [2.05, 4.69) is 11.4 Å². The van der Waals surface area contributed by atoms with Crippen LogP contribution in [0.15, 0.2) is 18.2 Å². The number of carbonyl (C=O) groups is 4. The molecule has 32 heavy (non-hydrogen) atoms. The summed E-state index contributed by atoms with van der Waals surface area (Å²) in [5.74, 6) is -0.536. The molecule has 8 nitrogen and oxygen atoms in total. The molecule has 2 unspecified atom stereocenters. The number of amides is 4. The number of likely N-dealkylation sites (tertiary alicyclic amines) is 1. The highest BCUT2D eigenvalue weighted by molar-refractivity contribution is 6.05. The summed E-state index contributed by atoms with van der Waals surface area (Å²) in [6.45, 7) is 7.31. The highest BCUT2D eigenvalue weighted by atomic mass is 16.6. The maximum Gasteiger partial charge on any atom is 0.410 e. The molecule has 4 amide bonds. The molecule has 3 aliphatic rings. The van der Waals surface area contributed by atoms with E-state index >= 15 is 0 Å². The zero-order valence-corrected chi connectivity index (χ0v) is 19.0. The van der Waals surface area contributed by atoms with Crippen molar-refractivity contribution in [1.29, 1.82) is 0 Å². The fourth-order valence-electron chi connectivity index (χ4n) is 4.79. The van der Waals surface area contributed by atoms with Gasteiger partial charge in [0, 0.05) is 31.6 Å². The van der Waals surface area contributed by atoms with Crippen molar-refractivity contribution >= 4 is 23.8 Å². The maximum atomic E-state index is 12.9. The van der Waals surface area contributed by atoms with E-state index in [4.69, 9.17) is 4.74 Å². The van der Waals surface area contributed by atoms with Crippen LogP contribution in [0.1, 0.15) is 80.3 Å². The Morgan fingerprint density at radius 2 is 1.88 bits per heavy atom. The average Bonchev–Trinajstić information content (AvgIpc) is 2.88. The topological polar surface area (TPSA) is 96.0 Å². The smallest absolute Gasteiger partial charge is 0.410 e. The van der Waals surface area contributed by atoms with Crippen LogP contribution in [0.4, 0.5) is 4.79 Å². The summed E-state index contributed by atoms with van der Waals surface area (Å²) in [6, 6.07) is 5.33. The van der Waals surface area contributed by atoms with E-state index in [9.17, 15) is 19.2 Å². The second-order valence-electron chi connectivity index (χ2n) is 9.91. The van der Waals surface area contributed by atoms with Crippen LogP contribution >= 0.6 is 0 Å². The zero-order valence-electron chi connectivity index (χ0n) is 19.0. The first kappa shape index (κ1) is 22.3. The van der Waals surface area contributed by atoms with E-state index < -0.39 is 17.6 Å². The van der Waals surface area contributed by atoms with Crippen LogP contribution in [0.2, 0.25) is 0 Å². The number of piperidine rings is 1. The van der Waals surface area contributed by atoms with Crippen LogP contribution in [0.3, 0.4) is 0 Å². The fourth-order valence-corrected chi connectivity index (χ4v) is 4.79. The van der Waals surface area contributed by atoms with Gasteiger partial charge in [-0.05, 0) is 69.6 Å². The number of fused-ring (bicyclic) bond motifs is 1. The van der Waals surface area contributed by atoms with Crippen molar-refractivity contribution in [2.45, 2.75) is 77.0 Å². The molecule has 3 aliphatic heterocycles. The first-order valence-electron chi connectivity index (χ1n) is 11.4. The van der Waals surface area contributed by atoms with E-state index in [1.807, 2.05) is 32.9 Å². The van der Waals surface area contributed by atoms with Crippen LogP contribution < -0.4 is 5.32 Å². The molecular weight excluding hydrogens is 410 g/mol. The molecule has 1 aromatic rings. The van der Waals surface area contributed by atoms with E-state index in [1.54, 1.807) is 9.80 Å². The van der Waals surface area contributed by atoms with Crippen LogP contribution in [-0.4, -0.2) is 58.3 Å². The van der Waals surface area contributed by atoms with Crippen molar-refractivity contribution in [1.82, 2.24) is 15.1 Å². The second kappa shape index (κ2) is 8.56. The van der Waals surface area contributed by atoms with Crippen LogP contribution in [-0.2, 0) is 20.9 Å². The Bertz CT molecular complexity index is 951. The molecule has 2 saturated heterocycles. The summed E-state index contributed by atoms with van der Waals surface area (Å²) < 4.78 is 5.52. The quantitative estimate of drug-likeness (QED) is 0.712. The second-order valence-corrected chi connectivity index (χ2v) is 9.91. The van der Waals surface area contributed by atoms with Crippen molar-refractivity contribution in [3.63, 3.8) is 0 Å². The summed E-state index contributed by atoms with van der Waals surface area (Å²) in [4.78, 5) is 52.4. The summed E-state index contributed by atoms with van der Waals surface area (Å²) in [6.07, 6.45) is 3.03. The maximum absolute atomic E-state index is 12.9. The minimum Gasteiger partial charge on any atom is -0.444 e. The Labute approximate surface area is 188 Å². The monoisotopic (exact) mass is 441 g/mol. The van der Waals surface area contributed by atoms with Gasteiger partial charge in [0.05, 0.1) is 0 Å². The molecule has 0 radical (unpaired) electrons. The number of benzene rings is 1. The van der Waals surface area contributed by atoms with Gasteiger partial charge in [0.15, 0.2) is 0 Å². The van der Waals surface area contributed by atoms with Gasteiger partial charge >= 0.3 is 6.09 Å². The Hall–Kier alpha value is -2.90. The van der Waals surface area contributed by atoms with Gasteiger partial charge in [0.25, 0.3) is 5.91 Å². The van der Waals surface area contributed by atoms with Crippen LogP contribution in [0.25, 0.3) is 0 Å². The van der Waals surface area contributed by atoms with Gasteiger partial charge < -0.3 is 14.5 Å². The molecule has 1 N–H and O–H groups in total. The average molecular weight is 442 g/mol. The lowest BCUT2D eigenvalue weighted by atomic mass is 9.90. The van der Waals surface area contributed by atoms with Gasteiger partial charge in [-0.2, -0.15) is 0 Å². The van der Waals surface area contributed by atoms with Gasteiger partial charge in [-0.3, -0.25) is 19.7 Å². The predicted molar refractivity (Wildman–Crippen MR) is 117 cm³/mol. The van der Waals surface area contributed by atoms with E-state index in [-0.39, 0.29) is 24.3 Å². The summed E-state index contributed by atoms with van der Waals surface area (Å²) in [5, 5.41) is 2.34. The van der Waals surface area contributed by atoms with Crippen molar-refractivity contribution in [2.24, 2.45) is 0 Å². The Morgan fingerprint density at radius 1 is 1.09 bits per heavy atom. The fraction of sp³-hybridized carbons (Fsp3) is 0.583. The number of hydrogen-bond donors (Lipinski definition) is 1. The number of imide groups is 1. The lowest BCUT2D eigenvalue weighted by Gasteiger charge is -2.29. The molecule has 172 valence electrons. The molecular formula is C24H31N3O5. The number of hydrogen-bond acceptors (Lipinski definition) is 5. The minimum absolute atomic E-state index is 0.155. The molecule has 0 aromatic heterocycles. The molecule has 2 fully saturated rings. The molecule has 8 heteroatoms. The SMILES string of the molecule is CC(C)(C)OC(=O)N1CCCC(c2ccc3c(c2)CN(C2CCC(=O)NC2=O)C3=O)CC1. The number of nitrogens with one attached hydrogen (secondary N) is 1. The van der Waals surface area contributed by atoms with Gasteiger partial charge in [0.2, 0.25) is 11.8 Å². The first-order valence-corrected chi connectivity index (χ1v) is 11.4. The Morgan fingerprint density at radius 3 is 2.59 bits per heavy atom. The van der Waals surface area contributed by atoms with Gasteiger partial charge in [0.1, 0.15) is 11.6 Å². The minimum atomic E-state index is -0.601. The van der Waals surface area contributed by atoms with Crippen molar-refractivity contribution < 1.29 is 23.9 Å². The number of carbonyl (C=O) groups excluding carboxylic acids is 4. The lowest BCUT2D eigenvalue weighted by molar-refractivity contribution is -0.136. The van der Waals surface area contributed by atoms with Gasteiger partial charge in [-0.25, -0.2) is 4.79 Å². The summed E-state index contributed by atoms with van der Waals surface area (Å²) in [7, 11) is 0. The van der Waals surface area contributed by atoms with Gasteiger partial charge in [-0.15, -0.1) is 0 Å². The van der Waals surface area contributed by atoms with E-state index in [0.717, 1.165) is 30.4 Å². The number of nitrogens with zero attached hydrogens (tertiary/aromatic N) is 2. The molecule has 0 bridgehead atoms. The third-order valence-corrected chi connectivity index (χ3v) is 6.40. The van der Waals surface area contributed by atoms with Gasteiger partial charge in [-0.1, -0.05) is 12.1 Å². The first-order chi connectivity index (χ1) is 15.1. The molecule has 0 saturated carbocycles. The highest BCUT2D eigenvalue weighted by Crippen LogP contribution is 2.33. The Kier molecular flexibility index (Phi) is 5.97. The van der Waals surface area contributed by atoms with Crippen molar-refractivity contribution in [2.75, 3.05) is 13.1 Å². The lowest BCUT2D eigenvalue weighted by Crippen LogP contribution is -2.52. The predicted octanol–water partition coefficient (Wildman–Crippen LogP) is 2.95. The zero-order chi connectivity index (χ0) is 23.0.